The zero-order chi connectivity index (χ0) is 16.0. The number of benzene rings is 1. The van der Waals surface area contributed by atoms with Crippen LogP contribution in [0.15, 0.2) is 24.3 Å². The SMILES string of the molecule is CCC(=O)N(Cc1ccccc1C)[C@H](C)C(=O)NC(C)C. The second kappa shape index (κ2) is 7.81. The van der Waals surface area contributed by atoms with Gasteiger partial charge in [0.1, 0.15) is 6.04 Å². The van der Waals surface area contributed by atoms with Crippen molar-refractivity contribution in [3.63, 3.8) is 0 Å². The number of nitrogens with one attached hydrogen (secondary N) is 1. The van der Waals surface area contributed by atoms with Crippen LogP contribution in [0.5, 0.6) is 0 Å². The maximum absolute atomic E-state index is 12.2. The average molecular weight is 290 g/mol. The fraction of sp³-hybridized carbons (Fsp3) is 0.529. The first-order chi connectivity index (χ1) is 9.86. The Bertz CT molecular complexity index is 497. The van der Waals surface area contributed by atoms with Gasteiger partial charge in [0.05, 0.1) is 0 Å². The van der Waals surface area contributed by atoms with Gasteiger partial charge in [-0.15, -0.1) is 0 Å². The van der Waals surface area contributed by atoms with Gasteiger partial charge in [0, 0.05) is 19.0 Å². The van der Waals surface area contributed by atoms with E-state index < -0.39 is 6.04 Å². The summed E-state index contributed by atoms with van der Waals surface area (Å²) in [6.07, 6.45) is 0.394. The molecule has 1 aromatic rings. The maximum atomic E-state index is 12.2. The molecule has 0 heterocycles. The first-order valence-corrected chi connectivity index (χ1v) is 7.51. The number of carbonyl (C=O) groups is 2. The molecule has 0 unspecified atom stereocenters. The van der Waals surface area contributed by atoms with E-state index in [1.54, 1.807) is 11.8 Å². The summed E-state index contributed by atoms with van der Waals surface area (Å²) in [5.74, 6) is -0.120. The van der Waals surface area contributed by atoms with Gasteiger partial charge >= 0.3 is 0 Å². The molecule has 116 valence electrons. The van der Waals surface area contributed by atoms with Gasteiger partial charge in [-0.1, -0.05) is 31.2 Å². The van der Waals surface area contributed by atoms with Crippen molar-refractivity contribution in [1.82, 2.24) is 10.2 Å². The minimum absolute atomic E-state index is 0.00957. The highest BCUT2D eigenvalue weighted by atomic mass is 16.2. The van der Waals surface area contributed by atoms with Gasteiger partial charge in [0.2, 0.25) is 11.8 Å². The Kier molecular flexibility index (Phi) is 6.40. The van der Waals surface area contributed by atoms with Gasteiger partial charge in [-0.2, -0.15) is 0 Å². The molecule has 0 spiro atoms. The summed E-state index contributed by atoms with van der Waals surface area (Å²) in [5.41, 5.74) is 2.20. The van der Waals surface area contributed by atoms with Crippen molar-refractivity contribution >= 4 is 11.8 Å². The quantitative estimate of drug-likeness (QED) is 0.875. The van der Waals surface area contributed by atoms with Crippen molar-refractivity contribution in [2.75, 3.05) is 0 Å². The van der Waals surface area contributed by atoms with Crippen molar-refractivity contribution < 1.29 is 9.59 Å². The topological polar surface area (TPSA) is 49.4 Å². The molecular formula is C17H26N2O2. The molecule has 0 aliphatic carbocycles. The number of hydrogen-bond acceptors (Lipinski definition) is 2. The Hall–Kier alpha value is -1.84. The van der Waals surface area contributed by atoms with E-state index in [1.807, 2.05) is 52.0 Å². The van der Waals surface area contributed by atoms with E-state index in [2.05, 4.69) is 5.32 Å². The van der Waals surface area contributed by atoms with Gasteiger partial charge < -0.3 is 10.2 Å². The van der Waals surface area contributed by atoms with Crippen LogP contribution >= 0.6 is 0 Å². The lowest BCUT2D eigenvalue weighted by Gasteiger charge is -2.29. The maximum Gasteiger partial charge on any atom is 0.242 e. The number of hydrogen-bond donors (Lipinski definition) is 1. The predicted molar refractivity (Wildman–Crippen MR) is 84.8 cm³/mol. The number of amides is 2. The third kappa shape index (κ3) is 4.88. The van der Waals surface area contributed by atoms with Crippen LogP contribution in [-0.4, -0.2) is 28.8 Å². The van der Waals surface area contributed by atoms with Crippen LogP contribution in [0.2, 0.25) is 0 Å². The minimum Gasteiger partial charge on any atom is -0.352 e. The lowest BCUT2D eigenvalue weighted by atomic mass is 10.1. The van der Waals surface area contributed by atoms with Gasteiger partial charge in [-0.25, -0.2) is 0 Å². The molecule has 0 radical (unpaired) electrons. The Labute approximate surface area is 127 Å². The normalized spacial score (nSPS) is 12.1. The number of rotatable bonds is 6. The number of nitrogens with zero attached hydrogens (tertiary/aromatic N) is 1. The molecule has 2 amide bonds. The van der Waals surface area contributed by atoms with Gasteiger partial charge in [0.15, 0.2) is 0 Å². The van der Waals surface area contributed by atoms with Crippen LogP contribution in [-0.2, 0) is 16.1 Å². The first kappa shape index (κ1) is 17.2. The van der Waals surface area contributed by atoms with E-state index in [1.165, 1.54) is 0 Å². The molecule has 0 fully saturated rings. The molecule has 0 aromatic heterocycles. The van der Waals surface area contributed by atoms with Crippen LogP contribution in [0.4, 0.5) is 0 Å². The molecular weight excluding hydrogens is 264 g/mol. The highest BCUT2D eigenvalue weighted by Gasteiger charge is 2.25. The van der Waals surface area contributed by atoms with E-state index in [4.69, 9.17) is 0 Å². The molecule has 4 nitrogen and oxygen atoms in total. The summed E-state index contributed by atoms with van der Waals surface area (Å²) in [4.78, 5) is 26.0. The summed E-state index contributed by atoms with van der Waals surface area (Å²) in [6, 6.07) is 7.54. The molecule has 0 aliphatic heterocycles. The first-order valence-electron chi connectivity index (χ1n) is 7.51. The molecule has 0 aliphatic rings. The summed E-state index contributed by atoms with van der Waals surface area (Å²) < 4.78 is 0. The molecule has 1 N–H and O–H groups in total. The highest BCUT2D eigenvalue weighted by Crippen LogP contribution is 2.14. The molecule has 0 saturated heterocycles. The fourth-order valence-corrected chi connectivity index (χ4v) is 2.16. The van der Waals surface area contributed by atoms with E-state index in [0.717, 1.165) is 11.1 Å². The Morgan fingerprint density at radius 3 is 2.33 bits per heavy atom. The lowest BCUT2D eigenvalue weighted by molar-refractivity contribution is -0.140. The zero-order valence-electron chi connectivity index (χ0n) is 13.6. The van der Waals surface area contributed by atoms with Crippen molar-refractivity contribution in [3.05, 3.63) is 35.4 Å². The van der Waals surface area contributed by atoms with E-state index in [0.29, 0.717) is 13.0 Å². The van der Waals surface area contributed by atoms with Gasteiger partial charge in [-0.3, -0.25) is 9.59 Å². The summed E-state index contributed by atoms with van der Waals surface area (Å²) in [6.45, 7) is 9.91. The van der Waals surface area contributed by atoms with Crippen molar-refractivity contribution in [1.29, 1.82) is 0 Å². The molecule has 0 saturated carbocycles. The second-order valence-electron chi connectivity index (χ2n) is 5.64. The van der Waals surface area contributed by atoms with Crippen LogP contribution in [0, 0.1) is 6.92 Å². The van der Waals surface area contributed by atoms with Gasteiger partial charge in [0.25, 0.3) is 0 Å². The molecule has 1 atom stereocenters. The van der Waals surface area contributed by atoms with E-state index in [9.17, 15) is 9.59 Å². The monoisotopic (exact) mass is 290 g/mol. The third-order valence-electron chi connectivity index (χ3n) is 3.50. The zero-order valence-corrected chi connectivity index (χ0v) is 13.6. The molecule has 4 heteroatoms. The fourth-order valence-electron chi connectivity index (χ4n) is 2.16. The summed E-state index contributed by atoms with van der Waals surface area (Å²) in [5, 5.41) is 2.87. The van der Waals surface area contributed by atoms with Crippen LogP contribution in [0.1, 0.15) is 45.2 Å². The number of carbonyl (C=O) groups excluding carboxylic acids is 2. The van der Waals surface area contributed by atoms with Crippen LogP contribution < -0.4 is 5.32 Å². The third-order valence-corrected chi connectivity index (χ3v) is 3.50. The van der Waals surface area contributed by atoms with E-state index in [-0.39, 0.29) is 17.9 Å². The highest BCUT2D eigenvalue weighted by molar-refractivity contribution is 5.87. The van der Waals surface area contributed by atoms with Crippen LogP contribution in [0.3, 0.4) is 0 Å². The largest absolute Gasteiger partial charge is 0.352 e. The van der Waals surface area contributed by atoms with Crippen molar-refractivity contribution in [2.45, 2.75) is 59.7 Å². The minimum atomic E-state index is -0.473. The standard InChI is InChI=1S/C17H26N2O2/c1-6-16(20)19(14(5)17(21)18-12(2)3)11-15-10-8-7-9-13(15)4/h7-10,12,14H,6,11H2,1-5H3,(H,18,21)/t14-/m1/s1. The predicted octanol–water partition coefficient (Wildman–Crippen LogP) is 2.65. The summed E-state index contributed by atoms with van der Waals surface area (Å²) >= 11 is 0. The Morgan fingerprint density at radius 1 is 1.19 bits per heavy atom. The smallest absolute Gasteiger partial charge is 0.242 e. The second-order valence-corrected chi connectivity index (χ2v) is 5.64. The Balaban J connectivity index is 2.93. The van der Waals surface area contributed by atoms with E-state index >= 15 is 0 Å². The molecule has 21 heavy (non-hydrogen) atoms. The molecule has 1 aromatic carbocycles. The molecule has 0 bridgehead atoms. The van der Waals surface area contributed by atoms with Crippen LogP contribution in [0.25, 0.3) is 0 Å². The average Bonchev–Trinajstić information content (AvgIpc) is 2.44. The summed E-state index contributed by atoms with van der Waals surface area (Å²) in [7, 11) is 0. The van der Waals surface area contributed by atoms with Crippen molar-refractivity contribution in [3.8, 4) is 0 Å². The van der Waals surface area contributed by atoms with Gasteiger partial charge in [-0.05, 0) is 38.8 Å². The molecule has 1 rings (SSSR count). The van der Waals surface area contributed by atoms with Crippen molar-refractivity contribution in [2.24, 2.45) is 0 Å². The Morgan fingerprint density at radius 2 is 1.81 bits per heavy atom. The lowest BCUT2D eigenvalue weighted by Crippen LogP contribution is -2.49. The number of aryl methyl sites for hydroxylation is 1.